The minimum Gasteiger partial charge on any atom is -0.357 e. The molecule has 0 spiro atoms. The van der Waals surface area contributed by atoms with Gasteiger partial charge in [-0.25, -0.2) is 8.42 Å². The number of carbonyl (C=O) groups excluding carboxylic acids is 1. The molecule has 0 aliphatic carbocycles. The third-order valence-electron chi connectivity index (χ3n) is 4.95. The molecule has 2 aliphatic heterocycles. The maximum Gasteiger partial charge on any atom is 0.222 e. The molecule has 3 N–H and O–H groups in total. The number of rotatable bonds is 8. The second-order valence-corrected chi connectivity index (χ2v) is 9.22. The van der Waals surface area contributed by atoms with Crippen LogP contribution in [0.5, 0.6) is 0 Å². The first-order chi connectivity index (χ1) is 12.4. The van der Waals surface area contributed by atoms with Crippen LogP contribution in [0.15, 0.2) is 4.99 Å². The highest BCUT2D eigenvalue weighted by molar-refractivity contribution is 7.91. The fraction of sp³-hybridized carbons (Fsp3) is 0.882. The SMILES string of the molecule is CCNC(=NCC1CCCN1CC)NCCC(=O)NC1CCS(=O)(=O)C1. The van der Waals surface area contributed by atoms with Crippen molar-refractivity contribution in [2.24, 2.45) is 4.99 Å². The van der Waals surface area contributed by atoms with Crippen molar-refractivity contribution in [1.29, 1.82) is 0 Å². The average Bonchev–Trinajstić information content (AvgIpc) is 3.18. The van der Waals surface area contributed by atoms with Crippen molar-refractivity contribution in [2.45, 2.75) is 51.6 Å². The molecule has 0 saturated carbocycles. The highest BCUT2D eigenvalue weighted by Crippen LogP contribution is 2.16. The number of hydrogen-bond donors (Lipinski definition) is 3. The number of carbonyl (C=O) groups is 1. The quantitative estimate of drug-likeness (QED) is 0.391. The number of hydrogen-bond acceptors (Lipinski definition) is 5. The van der Waals surface area contributed by atoms with E-state index >= 15 is 0 Å². The predicted octanol–water partition coefficient (Wildman–Crippen LogP) is -0.281. The van der Waals surface area contributed by atoms with E-state index in [0.717, 1.165) is 32.1 Å². The average molecular weight is 388 g/mol. The number of likely N-dealkylation sites (tertiary alicyclic amines) is 1. The molecule has 0 aromatic rings. The molecule has 0 aromatic heterocycles. The van der Waals surface area contributed by atoms with E-state index in [9.17, 15) is 13.2 Å². The number of likely N-dealkylation sites (N-methyl/N-ethyl adjacent to an activating group) is 1. The Bertz CT molecular complexity index is 593. The molecule has 2 rings (SSSR count). The third-order valence-corrected chi connectivity index (χ3v) is 6.72. The number of aliphatic imine (C=N–C) groups is 1. The van der Waals surface area contributed by atoms with Crippen molar-refractivity contribution in [3.8, 4) is 0 Å². The van der Waals surface area contributed by atoms with Gasteiger partial charge in [0.2, 0.25) is 5.91 Å². The lowest BCUT2D eigenvalue weighted by molar-refractivity contribution is -0.121. The number of amides is 1. The van der Waals surface area contributed by atoms with E-state index in [-0.39, 0.29) is 23.5 Å². The summed E-state index contributed by atoms with van der Waals surface area (Å²) in [7, 11) is -2.97. The number of nitrogens with one attached hydrogen (secondary N) is 3. The summed E-state index contributed by atoms with van der Waals surface area (Å²) in [5.74, 6) is 0.838. The van der Waals surface area contributed by atoms with E-state index < -0.39 is 9.84 Å². The zero-order chi connectivity index (χ0) is 19.0. The van der Waals surface area contributed by atoms with Gasteiger partial charge in [0, 0.05) is 31.6 Å². The van der Waals surface area contributed by atoms with Crippen LogP contribution in [-0.4, -0.2) is 81.5 Å². The first kappa shape index (κ1) is 21.0. The molecular formula is C17H33N5O3S. The molecule has 1 amide bonds. The highest BCUT2D eigenvalue weighted by Gasteiger charge is 2.28. The van der Waals surface area contributed by atoms with Crippen LogP contribution >= 0.6 is 0 Å². The lowest BCUT2D eigenvalue weighted by Gasteiger charge is -2.21. The van der Waals surface area contributed by atoms with Crippen LogP contribution in [0, 0.1) is 0 Å². The summed E-state index contributed by atoms with van der Waals surface area (Å²) in [6.07, 6.45) is 3.23. The molecule has 0 bridgehead atoms. The molecule has 26 heavy (non-hydrogen) atoms. The van der Waals surface area contributed by atoms with Gasteiger partial charge in [-0.15, -0.1) is 0 Å². The van der Waals surface area contributed by atoms with Crippen molar-refractivity contribution in [3.05, 3.63) is 0 Å². The third kappa shape index (κ3) is 6.75. The van der Waals surface area contributed by atoms with Gasteiger partial charge in [0.05, 0.1) is 18.1 Å². The van der Waals surface area contributed by atoms with Gasteiger partial charge in [0.15, 0.2) is 15.8 Å². The van der Waals surface area contributed by atoms with Crippen LogP contribution in [0.25, 0.3) is 0 Å². The monoisotopic (exact) mass is 387 g/mol. The summed E-state index contributed by atoms with van der Waals surface area (Å²) < 4.78 is 22.9. The van der Waals surface area contributed by atoms with Gasteiger partial charge in [-0.3, -0.25) is 14.7 Å². The van der Waals surface area contributed by atoms with Crippen LogP contribution in [0.3, 0.4) is 0 Å². The Morgan fingerprint density at radius 3 is 2.69 bits per heavy atom. The Morgan fingerprint density at radius 1 is 1.23 bits per heavy atom. The molecule has 2 fully saturated rings. The van der Waals surface area contributed by atoms with Gasteiger partial charge in [-0.05, 0) is 39.3 Å². The first-order valence-corrected chi connectivity index (χ1v) is 11.5. The topological polar surface area (TPSA) is 103 Å². The number of guanidine groups is 1. The molecular weight excluding hydrogens is 354 g/mol. The molecule has 0 aromatic carbocycles. The van der Waals surface area contributed by atoms with E-state index in [1.54, 1.807) is 0 Å². The van der Waals surface area contributed by atoms with Crippen molar-refractivity contribution in [3.63, 3.8) is 0 Å². The van der Waals surface area contributed by atoms with E-state index in [2.05, 4.69) is 32.8 Å². The van der Waals surface area contributed by atoms with Crippen LogP contribution in [0.2, 0.25) is 0 Å². The van der Waals surface area contributed by atoms with Crippen LogP contribution < -0.4 is 16.0 Å². The second-order valence-electron chi connectivity index (χ2n) is 6.99. The standard InChI is InChI=1S/C17H33N5O3S/c1-3-18-17(20-12-15-6-5-10-22(15)4-2)19-9-7-16(23)21-14-8-11-26(24,25)13-14/h14-15H,3-13H2,1-2H3,(H,21,23)(H2,18,19,20). The van der Waals surface area contributed by atoms with Gasteiger partial charge >= 0.3 is 0 Å². The number of nitrogens with zero attached hydrogens (tertiary/aromatic N) is 2. The lowest BCUT2D eigenvalue weighted by atomic mass is 10.2. The van der Waals surface area contributed by atoms with Gasteiger partial charge in [-0.2, -0.15) is 0 Å². The Kier molecular flexibility index (Phi) is 8.15. The van der Waals surface area contributed by atoms with E-state index in [4.69, 9.17) is 0 Å². The summed E-state index contributed by atoms with van der Waals surface area (Å²) in [5, 5.41) is 9.20. The Balaban J connectivity index is 1.72. The number of sulfone groups is 1. The van der Waals surface area contributed by atoms with E-state index in [0.29, 0.717) is 25.4 Å². The first-order valence-electron chi connectivity index (χ1n) is 9.69. The summed E-state index contributed by atoms with van der Waals surface area (Å²) in [6, 6.07) is 0.264. The van der Waals surface area contributed by atoms with Crippen molar-refractivity contribution in [1.82, 2.24) is 20.9 Å². The Labute approximate surface area is 157 Å². The zero-order valence-corrected chi connectivity index (χ0v) is 16.8. The van der Waals surface area contributed by atoms with Gasteiger partial charge < -0.3 is 16.0 Å². The maximum absolute atomic E-state index is 12.0. The molecule has 8 nitrogen and oxygen atoms in total. The predicted molar refractivity (Wildman–Crippen MR) is 104 cm³/mol. The van der Waals surface area contributed by atoms with Gasteiger partial charge in [0.25, 0.3) is 0 Å². The summed E-state index contributed by atoms with van der Waals surface area (Å²) in [5.41, 5.74) is 0. The largest absolute Gasteiger partial charge is 0.357 e. The van der Waals surface area contributed by atoms with Gasteiger partial charge in [-0.1, -0.05) is 6.92 Å². The Morgan fingerprint density at radius 2 is 2.04 bits per heavy atom. The zero-order valence-electron chi connectivity index (χ0n) is 16.0. The van der Waals surface area contributed by atoms with E-state index in [1.807, 2.05) is 6.92 Å². The van der Waals surface area contributed by atoms with Crippen LogP contribution in [0.4, 0.5) is 0 Å². The van der Waals surface area contributed by atoms with Crippen LogP contribution in [-0.2, 0) is 14.6 Å². The molecule has 150 valence electrons. The van der Waals surface area contributed by atoms with Gasteiger partial charge in [0.1, 0.15) is 0 Å². The summed E-state index contributed by atoms with van der Waals surface area (Å²) in [6.45, 7) is 8.39. The lowest BCUT2D eigenvalue weighted by Crippen LogP contribution is -2.42. The maximum atomic E-state index is 12.0. The van der Waals surface area contributed by atoms with Crippen molar-refractivity contribution >= 4 is 21.7 Å². The molecule has 2 aliphatic rings. The normalized spacial score (nSPS) is 26.0. The van der Waals surface area contributed by atoms with Crippen molar-refractivity contribution in [2.75, 3.05) is 44.2 Å². The molecule has 0 radical (unpaired) electrons. The molecule has 2 atom stereocenters. The fourth-order valence-electron chi connectivity index (χ4n) is 3.56. The highest BCUT2D eigenvalue weighted by atomic mass is 32.2. The summed E-state index contributed by atoms with van der Waals surface area (Å²) >= 11 is 0. The Hall–Kier alpha value is -1.35. The minimum absolute atomic E-state index is 0.0611. The molecule has 9 heteroatoms. The second kappa shape index (κ2) is 10.1. The molecule has 2 saturated heterocycles. The summed E-state index contributed by atoms with van der Waals surface area (Å²) in [4.78, 5) is 19.1. The van der Waals surface area contributed by atoms with Crippen LogP contribution in [0.1, 0.15) is 39.5 Å². The smallest absolute Gasteiger partial charge is 0.222 e. The molecule has 2 unspecified atom stereocenters. The van der Waals surface area contributed by atoms with Crippen molar-refractivity contribution < 1.29 is 13.2 Å². The molecule has 2 heterocycles. The fourth-order valence-corrected chi connectivity index (χ4v) is 5.23. The minimum atomic E-state index is -2.97. The van der Waals surface area contributed by atoms with E-state index in [1.165, 1.54) is 12.8 Å².